The third-order valence-corrected chi connectivity index (χ3v) is 3.05. The summed E-state index contributed by atoms with van der Waals surface area (Å²) < 4.78 is 1.84. The van der Waals surface area contributed by atoms with Crippen LogP contribution in [-0.2, 0) is 0 Å². The Hall–Kier alpha value is -1.41. The number of rotatable bonds is 2. The fourth-order valence-corrected chi connectivity index (χ4v) is 2.17. The molecule has 0 aliphatic heterocycles. The Morgan fingerprint density at radius 1 is 1.60 bits per heavy atom. The third kappa shape index (κ3) is 2.16. The minimum Gasteiger partial charge on any atom is -0.317 e. The lowest BCUT2D eigenvalue weighted by Crippen LogP contribution is -2.32. The van der Waals surface area contributed by atoms with Crippen LogP contribution >= 0.6 is 0 Å². The summed E-state index contributed by atoms with van der Waals surface area (Å²) in [5.74, 6) is 0. The van der Waals surface area contributed by atoms with Gasteiger partial charge in [0.1, 0.15) is 6.07 Å². The second-order valence-electron chi connectivity index (χ2n) is 4.00. The van der Waals surface area contributed by atoms with Gasteiger partial charge in [0.05, 0.1) is 12.2 Å². The molecule has 0 spiro atoms. The van der Waals surface area contributed by atoms with Gasteiger partial charge in [-0.05, 0) is 32.7 Å². The predicted molar refractivity (Wildman–Crippen MR) is 55.1 cm³/mol. The summed E-state index contributed by atoms with van der Waals surface area (Å²) in [6, 6.07) is 2.96. The Balaban J connectivity index is 2.07. The Morgan fingerprint density at radius 3 is 3.13 bits per heavy atom. The van der Waals surface area contributed by atoms with Crippen molar-refractivity contribution >= 4 is 0 Å². The third-order valence-electron chi connectivity index (χ3n) is 3.05. The monoisotopic (exact) mass is 205 g/mol. The lowest BCUT2D eigenvalue weighted by atomic mass is 9.91. The number of hydrogen-bond acceptors (Lipinski definition) is 4. The summed E-state index contributed by atoms with van der Waals surface area (Å²) in [5, 5.41) is 19.8. The van der Waals surface area contributed by atoms with Crippen LogP contribution in [0.3, 0.4) is 0 Å². The molecule has 2 atom stereocenters. The molecule has 5 heteroatoms. The Bertz CT molecular complexity index is 364. The maximum absolute atomic E-state index is 8.67. The van der Waals surface area contributed by atoms with Gasteiger partial charge in [0.2, 0.25) is 0 Å². The van der Waals surface area contributed by atoms with E-state index >= 15 is 0 Å². The Morgan fingerprint density at radius 2 is 2.47 bits per heavy atom. The van der Waals surface area contributed by atoms with Crippen molar-refractivity contribution in [3.8, 4) is 6.07 Å². The Labute approximate surface area is 89.1 Å². The fraction of sp³-hybridized carbons (Fsp3) is 0.700. The maximum atomic E-state index is 8.67. The van der Waals surface area contributed by atoms with Gasteiger partial charge < -0.3 is 5.32 Å². The van der Waals surface area contributed by atoms with Crippen molar-refractivity contribution in [2.24, 2.45) is 0 Å². The SMILES string of the molecule is CNC1CCCC(n2cc(C#N)nn2)C1. The number of aromatic nitrogens is 3. The van der Waals surface area contributed by atoms with E-state index in [9.17, 15) is 0 Å². The number of hydrogen-bond donors (Lipinski definition) is 1. The van der Waals surface area contributed by atoms with E-state index in [1.807, 2.05) is 17.8 Å². The summed E-state index contributed by atoms with van der Waals surface area (Å²) >= 11 is 0. The van der Waals surface area contributed by atoms with Gasteiger partial charge in [-0.1, -0.05) is 5.21 Å². The zero-order valence-electron chi connectivity index (χ0n) is 8.85. The first-order valence-electron chi connectivity index (χ1n) is 5.32. The van der Waals surface area contributed by atoms with E-state index in [-0.39, 0.29) is 0 Å². The lowest BCUT2D eigenvalue weighted by molar-refractivity contribution is 0.275. The largest absolute Gasteiger partial charge is 0.317 e. The molecule has 1 heterocycles. The molecule has 1 aromatic rings. The van der Waals surface area contributed by atoms with E-state index in [4.69, 9.17) is 5.26 Å². The van der Waals surface area contributed by atoms with Crippen molar-refractivity contribution in [2.45, 2.75) is 37.8 Å². The first-order valence-corrected chi connectivity index (χ1v) is 5.32. The van der Waals surface area contributed by atoms with Gasteiger partial charge in [0.15, 0.2) is 5.69 Å². The summed E-state index contributed by atoms with van der Waals surface area (Å²) in [4.78, 5) is 0. The van der Waals surface area contributed by atoms with Gasteiger partial charge in [0, 0.05) is 6.04 Å². The van der Waals surface area contributed by atoms with E-state index in [2.05, 4.69) is 15.6 Å². The topological polar surface area (TPSA) is 66.5 Å². The molecule has 1 aliphatic rings. The molecule has 1 fully saturated rings. The summed E-state index contributed by atoms with van der Waals surface area (Å²) in [7, 11) is 2.00. The molecule has 2 unspecified atom stereocenters. The van der Waals surface area contributed by atoms with Gasteiger partial charge in [-0.25, -0.2) is 4.68 Å². The van der Waals surface area contributed by atoms with Crippen molar-refractivity contribution < 1.29 is 0 Å². The first kappa shape index (κ1) is 10.1. The average Bonchev–Trinajstić information content (AvgIpc) is 2.78. The highest BCUT2D eigenvalue weighted by atomic mass is 15.4. The molecular formula is C10H15N5. The minimum absolute atomic E-state index is 0.394. The molecule has 0 radical (unpaired) electrons. The molecule has 15 heavy (non-hydrogen) atoms. The summed E-state index contributed by atoms with van der Waals surface area (Å²) in [6.07, 6.45) is 6.38. The molecule has 1 N–H and O–H groups in total. The number of nitrogens with zero attached hydrogens (tertiary/aromatic N) is 4. The van der Waals surface area contributed by atoms with Gasteiger partial charge in [-0.15, -0.1) is 5.10 Å². The summed E-state index contributed by atoms with van der Waals surface area (Å²) in [6.45, 7) is 0. The average molecular weight is 205 g/mol. The van der Waals surface area contributed by atoms with Crippen LogP contribution in [0.1, 0.15) is 37.4 Å². The van der Waals surface area contributed by atoms with E-state index in [0.717, 1.165) is 12.8 Å². The Kier molecular flexibility index (Phi) is 2.97. The molecule has 5 nitrogen and oxygen atoms in total. The van der Waals surface area contributed by atoms with Crippen LogP contribution in [0.15, 0.2) is 6.20 Å². The quantitative estimate of drug-likeness (QED) is 0.777. The van der Waals surface area contributed by atoms with Crippen LogP contribution in [0, 0.1) is 11.3 Å². The smallest absolute Gasteiger partial charge is 0.182 e. The second kappa shape index (κ2) is 4.41. The molecule has 2 rings (SSSR count). The van der Waals surface area contributed by atoms with E-state index < -0.39 is 0 Å². The normalized spacial score (nSPS) is 26.1. The molecule has 1 aliphatic carbocycles. The zero-order chi connectivity index (χ0) is 10.7. The molecule has 0 bridgehead atoms. The van der Waals surface area contributed by atoms with Crippen LogP contribution in [0.5, 0.6) is 0 Å². The minimum atomic E-state index is 0.394. The van der Waals surface area contributed by atoms with Crippen molar-refractivity contribution in [2.75, 3.05) is 7.05 Å². The highest BCUT2D eigenvalue weighted by Gasteiger charge is 2.22. The van der Waals surface area contributed by atoms with Crippen LogP contribution in [-0.4, -0.2) is 28.1 Å². The molecule has 1 aromatic heterocycles. The van der Waals surface area contributed by atoms with E-state index in [1.165, 1.54) is 12.8 Å². The summed E-state index contributed by atoms with van der Waals surface area (Å²) in [5.41, 5.74) is 0.404. The lowest BCUT2D eigenvalue weighted by Gasteiger charge is -2.28. The van der Waals surface area contributed by atoms with Gasteiger partial charge >= 0.3 is 0 Å². The van der Waals surface area contributed by atoms with Gasteiger partial charge in [-0.3, -0.25) is 0 Å². The number of nitriles is 1. The van der Waals surface area contributed by atoms with E-state index in [0.29, 0.717) is 17.8 Å². The molecule has 1 saturated carbocycles. The molecule has 0 amide bonds. The standard InChI is InChI=1S/C10H15N5/c1-12-8-3-2-4-10(5-8)15-7-9(6-11)13-14-15/h7-8,10,12H,2-5H2,1H3. The van der Waals surface area contributed by atoms with Crippen LogP contribution < -0.4 is 5.32 Å². The van der Waals surface area contributed by atoms with Crippen LogP contribution in [0.4, 0.5) is 0 Å². The van der Waals surface area contributed by atoms with Gasteiger partial charge in [0.25, 0.3) is 0 Å². The molecular weight excluding hydrogens is 190 g/mol. The maximum Gasteiger partial charge on any atom is 0.182 e. The van der Waals surface area contributed by atoms with Crippen molar-refractivity contribution in [3.05, 3.63) is 11.9 Å². The van der Waals surface area contributed by atoms with Crippen molar-refractivity contribution in [1.82, 2.24) is 20.3 Å². The first-order chi connectivity index (χ1) is 7.33. The molecule has 0 saturated heterocycles. The van der Waals surface area contributed by atoms with Crippen LogP contribution in [0.2, 0.25) is 0 Å². The van der Waals surface area contributed by atoms with E-state index in [1.54, 1.807) is 6.20 Å². The van der Waals surface area contributed by atoms with Gasteiger partial charge in [-0.2, -0.15) is 5.26 Å². The van der Waals surface area contributed by atoms with Crippen molar-refractivity contribution in [1.29, 1.82) is 5.26 Å². The second-order valence-corrected chi connectivity index (χ2v) is 4.00. The molecule has 80 valence electrons. The highest BCUT2D eigenvalue weighted by Crippen LogP contribution is 2.27. The zero-order valence-corrected chi connectivity index (χ0v) is 8.85. The fourth-order valence-electron chi connectivity index (χ4n) is 2.17. The van der Waals surface area contributed by atoms with Crippen molar-refractivity contribution in [3.63, 3.8) is 0 Å². The number of nitrogens with one attached hydrogen (secondary N) is 1. The predicted octanol–water partition coefficient (Wildman–Crippen LogP) is 0.853. The highest BCUT2D eigenvalue weighted by molar-refractivity contribution is 5.13. The molecule has 0 aromatic carbocycles. The van der Waals surface area contributed by atoms with Crippen LogP contribution in [0.25, 0.3) is 0 Å².